The number of rotatable bonds is 4. The summed E-state index contributed by atoms with van der Waals surface area (Å²) < 4.78 is 0. The van der Waals surface area contributed by atoms with Gasteiger partial charge in [-0.1, -0.05) is 35.9 Å². The average Bonchev–Trinajstić information content (AvgIpc) is 2.53. The van der Waals surface area contributed by atoms with E-state index in [1.807, 2.05) is 12.1 Å². The zero-order valence-corrected chi connectivity index (χ0v) is 13.4. The van der Waals surface area contributed by atoms with Crippen LogP contribution in [0.1, 0.15) is 24.8 Å². The molecule has 1 fully saturated rings. The highest BCUT2D eigenvalue weighted by molar-refractivity contribution is 6.30. The predicted molar refractivity (Wildman–Crippen MR) is 89.7 cm³/mol. The van der Waals surface area contributed by atoms with Crippen molar-refractivity contribution in [2.75, 3.05) is 32.7 Å². The average molecular weight is 305 g/mol. The highest BCUT2D eigenvalue weighted by Gasteiger charge is 2.20. The first-order valence-corrected chi connectivity index (χ1v) is 8.51. The van der Waals surface area contributed by atoms with Crippen LogP contribution < -0.4 is 0 Å². The van der Waals surface area contributed by atoms with E-state index >= 15 is 0 Å². The molecular weight excluding hydrogens is 280 g/mol. The number of hydrogen-bond donors (Lipinski definition) is 0. The van der Waals surface area contributed by atoms with E-state index in [-0.39, 0.29) is 0 Å². The smallest absolute Gasteiger partial charge is 0.0406 e. The summed E-state index contributed by atoms with van der Waals surface area (Å²) in [5.41, 5.74) is 1.37. The maximum Gasteiger partial charge on any atom is 0.0406 e. The molecule has 1 saturated heterocycles. The second-order valence-electron chi connectivity index (χ2n) is 6.35. The van der Waals surface area contributed by atoms with Crippen LogP contribution in [0.5, 0.6) is 0 Å². The van der Waals surface area contributed by atoms with Gasteiger partial charge in [-0.3, -0.25) is 4.90 Å². The van der Waals surface area contributed by atoms with Gasteiger partial charge in [-0.05, 0) is 42.9 Å². The van der Waals surface area contributed by atoms with Crippen molar-refractivity contribution < 1.29 is 0 Å². The second-order valence-corrected chi connectivity index (χ2v) is 6.79. The Morgan fingerprint density at radius 2 is 1.67 bits per heavy atom. The van der Waals surface area contributed by atoms with Crippen LogP contribution in [-0.2, 0) is 6.54 Å². The fraction of sp³-hybridized carbons (Fsp3) is 0.556. The van der Waals surface area contributed by atoms with Crippen molar-refractivity contribution in [2.45, 2.75) is 25.8 Å². The van der Waals surface area contributed by atoms with E-state index in [9.17, 15) is 0 Å². The van der Waals surface area contributed by atoms with E-state index in [1.54, 1.807) is 0 Å². The summed E-state index contributed by atoms with van der Waals surface area (Å²) >= 11 is 5.94. The number of nitrogens with zero attached hydrogens (tertiary/aromatic N) is 2. The fourth-order valence-electron chi connectivity index (χ4n) is 3.37. The molecular formula is C18H25ClN2. The number of halogens is 1. The number of allylic oxidation sites excluding steroid dienone is 2. The molecule has 1 heterocycles. The van der Waals surface area contributed by atoms with Crippen molar-refractivity contribution in [3.05, 3.63) is 47.0 Å². The summed E-state index contributed by atoms with van der Waals surface area (Å²) in [7, 11) is 0. The zero-order chi connectivity index (χ0) is 14.5. The van der Waals surface area contributed by atoms with Crippen LogP contribution in [0.2, 0.25) is 5.02 Å². The minimum absolute atomic E-state index is 0.824. The Hall–Kier alpha value is -0.830. The van der Waals surface area contributed by atoms with Crippen LogP contribution in [0.15, 0.2) is 36.4 Å². The molecule has 21 heavy (non-hydrogen) atoms. The first-order chi connectivity index (χ1) is 10.3. The van der Waals surface area contributed by atoms with E-state index in [0.717, 1.165) is 17.5 Å². The Kier molecular flexibility index (Phi) is 5.34. The lowest BCUT2D eigenvalue weighted by Crippen LogP contribution is -2.47. The summed E-state index contributed by atoms with van der Waals surface area (Å²) in [6, 6.07) is 8.26. The Bertz CT molecular complexity index is 461. The van der Waals surface area contributed by atoms with Crippen molar-refractivity contribution in [3.63, 3.8) is 0 Å². The fourth-order valence-corrected chi connectivity index (χ4v) is 3.49. The monoisotopic (exact) mass is 304 g/mol. The standard InChI is InChI=1S/C18H25ClN2/c19-18-8-6-17(7-9-18)15-21-12-10-20(11-13-21)14-16-4-2-1-3-5-16/h1-2,6-9,16H,3-5,10-15H2/t16-/m0/s1. The quantitative estimate of drug-likeness (QED) is 0.780. The summed E-state index contributed by atoms with van der Waals surface area (Å²) in [4.78, 5) is 5.21. The van der Waals surface area contributed by atoms with Gasteiger partial charge in [-0.2, -0.15) is 0 Å². The number of hydrogen-bond acceptors (Lipinski definition) is 2. The summed E-state index contributed by atoms with van der Waals surface area (Å²) in [5.74, 6) is 0.887. The van der Waals surface area contributed by atoms with E-state index in [2.05, 4.69) is 34.1 Å². The van der Waals surface area contributed by atoms with Gasteiger partial charge in [0.15, 0.2) is 0 Å². The minimum atomic E-state index is 0.824. The molecule has 0 radical (unpaired) electrons. The van der Waals surface area contributed by atoms with Crippen LogP contribution >= 0.6 is 11.6 Å². The Balaban J connectivity index is 1.42. The highest BCUT2D eigenvalue weighted by atomic mass is 35.5. The van der Waals surface area contributed by atoms with E-state index in [1.165, 1.54) is 57.5 Å². The van der Waals surface area contributed by atoms with Crippen LogP contribution in [0.4, 0.5) is 0 Å². The van der Waals surface area contributed by atoms with Crippen LogP contribution in [0.25, 0.3) is 0 Å². The van der Waals surface area contributed by atoms with E-state index in [0.29, 0.717) is 0 Å². The topological polar surface area (TPSA) is 6.48 Å². The molecule has 1 aliphatic heterocycles. The lowest BCUT2D eigenvalue weighted by Gasteiger charge is -2.36. The molecule has 1 atom stereocenters. The number of piperazine rings is 1. The molecule has 2 aliphatic rings. The molecule has 1 aromatic rings. The lowest BCUT2D eigenvalue weighted by molar-refractivity contribution is 0.111. The third kappa shape index (κ3) is 4.57. The van der Waals surface area contributed by atoms with Crippen molar-refractivity contribution >= 4 is 11.6 Å². The van der Waals surface area contributed by atoms with Gasteiger partial charge in [0.05, 0.1) is 0 Å². The summed E-state index contributed by atoms with van der Waals surface area (Å²) in [6.07, 6.45) is 8.64. The van der Waals surface area contributed by atoms with Gasteiger partial charge < -0.3 is 4.90 Å². The van der Waals surface area contributed by atoms with Gasteiger partial charge in [0, 0.05) is 44.3 Å². The molecule has 0 saturated carbocycles. The van der Waals surface area contributed by atoms with Gasteiger partial charge in [0.1, 0.15) is 0 Å². The molecule has 0 spiro atoms. The van der Waals surface area contributed by atoms with E-state index < -0.39 is 0 Å². The first kappa shape index (κ1) is 15.1. The molecule has 0 N–H and O–H groups in total. The minimum Gasteiger partial charge on any atom is -0.301 e. The third-order valence-corrected chi connectivity index (χ3v) is 4.93. The van der Waals surface area contributed by atoms with Crippen LogP contribution in [0, 0.1) is 5.92 Å². The van der Waals surface area contributed by atoms with Crippen molar-refractivity contribution in [1.82, 2.24) is 9.80 Å². The Morgan fingerprint density at radius 3 is 2.33 bits per heavy atom. The molecule has 3 rings (SSSR count). The number of benzene rings is 1. The molecule has 0 bridgehead atoms. The largest absolute Gasteiger partial charge is 0.301 e. The van der Waals surface area contributed by atoms with Crippen molar-refractivity contribution in [2.24, 2.45) is 5.92 Å². The molecule has 0 unspecified atom stereocenters. The summed E-state index contributed by atoms with van der Waals surface area (Å²) in [6.45, 7) is 7.15. The normalized spacial score (nSPS) is 24.3. The van der Waals surface area contributed by atoms with Crippen LogP contribution in [0.3, 0.4) is 0 Å². The van der Waals surface area contributed by atoms with E-state index in [4.69, 9.17) is 11.6 Å². The predicted octanol–water partition coefficient (Wildman–Crippen LogP) is 3.81. The lowest BCUT2D eigenvalue weighted by atomic mass is 9.94. The van der Waals surface area contributed by atoms with Gasteiger partial charge in [0.2, 0.25) is 0 Å². The summed E-state index contributed by atoms with van der Waals surface area (Å²) in [5, 5.41) is 0.824. The molecule has 0 aromatic heterocycles. The second kappa shape index (κ2) is 7.44. The molecule has 2 nitrogen and oxygen atoms in total. The van der Waals surface area contributed by atoms with Crippen molar-refractivity contribution in [3.8, 4) is 0 Å². The van der Waals surface area contributed by atoms with Crippen LogP contribution in [-0.4, -0.2) is 42.5 Å². The maximum absolute atomic E-state index is 5.94. The molecule has 0 amide bonds. The molecule has 3 heteroatoms. The first-order valence-electron chi connectivity index (χ1n) is 8.14. The Morgan fingerprint density at radius 1 is 0.952 bits per heavy atom. The van der Waals surface area contributed by atoms with Gasteiger partial charge in [0.25, 0.3) is 0 Å². The highest BCUT2D eigenvalue weighted by Crippen LogP contribution is 2.20. The molecule has 114 valence electrons. The van der Waals surface area contributed by atoms with Gasteiger partial charge in [-0.15, -0.1) is 0 Å². The zero-order valence-electron chi connectivity index (χ0n) is 12.7. The molecule has 1 aromatic carbocycles. The van der Waals surface area contributed by atoms with Crippen molar-refractivity contribution in [1.29, 1.82) is 0 Å². The molecule has 1 aliphatic carbocycles. The third-order valence-electron chi connectivity index (χ3n) is 4.68. The van der Waals surface area contributed by atoms with Gasteiger partial charge in [-0.25, -0.2) is 0 Å². The SMILES string of the molecule is Clc1ccc(CN2CCN(C[C@H]3CC=CCC3)CC2)cc1. The van der Waals surface area contributed by atoms with Gasteiger partial charge >= 0.3 is 0 Å². The maximum atomic E-state index is 5.94. The Labute approximate surface area is 133 Å².